The normalized spacial score (nSPS) is 14.6. The number of hydrogen-bond acceptors (Lipinski definition) is 2. The molecule has 5 nitrogen and oxygen atoms in total. The van der Waals surface area contributed by atoms with Crippen LogP contribution in [-0.4, -0.2) is 37.0 Å². The molecule has 2 aromatic carbocycles. The van der Waals surface area contributed by atoms with E-state index in [1.54, 1.807) is 41.1 Å². The first-order valence-corrected chi connectivity index (χ1v) is 7.85. The largest absolute Gasteiger partial charge is 0.327 e. The molecule has 3 rings (SSSR count). The summed E-state index contributed by atoms with van der Waals surface area (Å²) in [6.07, 6.45) is 0.886. The Hall–Kier alpha value is -2.96. The molecule has 1 aliphatic heterocycles. The molecular formula is C18H17F2N3O2. The van der Waals surface area contributed by atoms with Gasteiger partial charge in [0.25, 0.3) is 5.91 Å². The number of carbonyl (C=O) groups excluding carboxylic acids is 2. The molecule has 1 N–H and O–H groups in total. The van der Waals surface area contributed by atoms with Gasteiger partial charge >= 0.3 is 6.03 Å². The molecule has 1 heterocycles. The molecule has 130 valence electrons. The van der Waals surface area contributed by atoms with Gasteiger partial charge in [-0.3, -0.25) is 9.69 Å². The summed E-state index contributed by atoms with van der Waals surface area (Å²) in [5, 5.41) is 2.61. The monoisotopic (exact) mass is 345 g/mol. The van der Waals surface area contributed by atoms with Crippen molar-refractivity contribution in [2.45, 2.75) is 6.42 Å². The Balaban J connectivity index is 1.71. The lowest BCUT2D eigenvalue weighted by Crippen LogP contribution is -2.47. The lowest BCUT2D eigenvalue weighted by atomic mass is 10.2. The number of rotatable bonds is 3. The van der Waals surface area contributed by atoms with E-state index in [2.05, 4.69) is 5.32 Å². The van der Waals surface area contributed by atoms with Gasteiger partial charge in [-0.1, -0.05) is 0 Å². The van der Waals surface area contributed by atoms with Crippen molar-refractivity contribution in [3.05, 3.63) is 59.7 Å². The van der Waals surface area contributed by atoms with E-state index in [1.807, 2.05) is 0 Å². The van der Waals surface area contributed by atoms with Crippen LogP contribution in [0.2, 0.25) is 0 Å². The molecule has 0 aliphatic carbocycles. The number of anilines is 2. The molecule has 1 fully saturated rings. The van der Waals surface area contributed by atoms with Crippen molar-refractivity contribution in [1.82, 2.24) is 4.90 Å². The van der Waals surface area contributed by atoms with E-state index in [0.717, 1.165) is 30.8 Å². The van der Waals surface area contributed by atoms with Gasteiger partial charge in [-0.15, -0.1) is 0 Å². The Morgan fingerprint density at radius 2 is 1.76 bits per heavy atom. The minimum absolute atomic E-state index is 0.0239. The fourth-order valence-electron chi connectivity index (χ4n) is 2.67. The molecule has 0 saturated carbocycles. The lowest BCUT2D eigenvalue weighted by molar-refractivity contribution is 0.102. The van der Waals surface area contributed by atoms with E-state index in [4.69, 9.17) is 0 Å². The average molecular weight is 345 g/mol. The fraction of sp³-hybridized carbons (Fsp3) is 0.222. The van der Waals surface area contributed by atoms with Gasteiger partial charge in [0.1, 0.15) is 0 Å². The lowest BCUT2D eigenvalue weighted by Gasteiger charge is -2.33. The number of hydrogen-bond donors (Lipinski definition) is 1. The van der Waals surface area contributed by atoms with Crippen molar-refractivity contribution in [1.29, 1.82) is 0 Å². The second-order valence-corrected chi connectivity index (χ2v) is 5.84. The van der Waals surface area contributed by atoms with E-state index in [0.29, 0.717) is 12.2 Å². The Morgan fingerprint density at radius 3 is 2.44 bits per heavy atom. The molecule has 1 saturated heterocycles. The molecule has 1 aliphatic rings. The molecule has 0 unspecified atom stereocenters. The number of nitrogens with zero attached hydrogens (tertiary/aromatic N) is 2. The van der Waals surface area contributed by atoms with Gasteiger partial charge in [0, 0.05) is 37.1 Å². The van der Waals surface area contributed by atoms with Crippen molar-refractivity contribution in [2.24, 2.45) is 0 Å². The smallest absolute Gasteiger partial charge is 0.324 e. The van der Waals surface area contributed by atoms with Crippen LogP contribution in [0.4, 0.5) is 25.0 Å². The summed E-state index contributed by atoms with van der Waals surface area (Å²) in [5.74, 6) is -2.62. The number of carbonyl (C=O) groups is 2. The van der Waals surface area contributed by atoms with Crippen LogP contribution >= 0.6 is 0 Å². The summed E-state index contributed by atoms with van der Waals surface area (Å²) in [4.78, 5) is 27.6. The molecule has 0 atom stereocenters. The van der Waals surface area contributed by atoms with Crippen LogP contribution in [-0.2, 0) is 0 Å². The highest BCUT2D eigenvalue weighted by atomic mass is 19.2. The third kappa shape index (κ3) is 3.60. The fourth-order valence-corrected chi connectivity index (χ4v) is 2.67. The predicted octanol–water partition coefficient (Wildman–Crippen LogP) is 3.48. The van der Waals surface area contributed by atoms with Gasteiger partial charge in [-0.25, -0.2) is 13.6 Å². The van der Waals surface area contributed by atoms with Crippen molar-refractivity contribution in [2.75, 3.05) is 30.4 Å². The second kappa shape index (κ2) is 6.88. The molecule has 7 heteroatoms. The molecule has 25 heavy (non-hydrogen) atoms. The number of nitrogens with one attached hydrogen (secondary N) is 1. The molecule has 0 spiro atoms. The van der Waals surface area contributed by atoms with E-state index >= 15 is 0 Å². The molecule has 3 amide bonds. The number of benzene rings is 2. The Labute approximate surface area is 143 Å². The van der Waals surface area contributed by atoms with Crippen LogP contribution in [0.5, 0.6) is 0 Å². The quantitative estimate of drug-likeness (QED) is 0.926. The zero-order chi connectivity index (χ0) is 18.0. The third-order valence-electron chi connectivity index (χ3n) is 4.05. The van der Waals surface area contributed by atoms with Crippen molar-refractivity contribution >= 4 is 23.3 Å². The maximum atomic E-state index is 13.2. The molecular weight excluding hydrogens is 328 g/mol. The summed E-state index contributed by atoms with van der Waals surface area (Å²) < 4.78 is 26.1. The molecule has 0 aromatic heterocycles. The van der Waals surface area contributed by atoms with Gasteiger partial charge in [0.05, 0.1) is 0 Å². The van der Waals surface area contributed by atoms with Gasteiger partial charge < -0.3 is 10.2 Å². The molecule has 0 radical (unpaired) electrons. The predicted molar refractivity (Wildman–Crippen MR) is 90.7 cm³/mol. The Morgan fingerprint density at radius 1 is 1.04 bits per heavy atom. The highest BCUT2D eigenvalue weighted by Gasteiger charge is 2.23. The van der Waals surface area contributed by atoms with E-state index in [1.165, 1.54) is 6.07 Å². The Bertz CT molecular complexity index is 808. The maximum Gasteiger partial charge on any atom is 0.324 e. The third-order valence-corrected chi connectivity index (χ3v) is 4.05. The summed E-state index contributed by atoms with van der Waals surface area (Å²) in [5.41, 5.74) is 1.26. The maximum absolute atomic E-state index is 13.2. The van der Waals surface area contributed by atoms with Crippen molar-refractivity contribution in [3.8, 4) is 0 Å². The van der Waals surface area contributed by atoms with Crippen LogP contribution in [0.15, 0.2) is 42.5 Å². The van der Waals surface area contributed by atoms with E-state index < -0.39 is 17.5 Å². The standard InChI is InChI=1S/C18H17F2N3O2/c1-22-9-2-10-23(18(22)25)14-6-4-13(5-7-14)21-17(24)12-3-8-15(19)16(20)11-12/h3-8,11H,2,9-10H2,1H3,(H,21,24). The van der Waals surface area contributed by atoms with E-state index in [-0.39, 0.29) is 11.6 Å². The molecule has 2 aromatic rings. The highest BCUT2D eigenvalue weighted by Crippen LogP contribution is 2.22. The van der Waals surface area contributed by atoms with Crippen LogP contribution < -0.4 is 10.2 Å². The summed E-state index contributed by atoms with van der Waals surface area (Å²) in [6.45, 7) is 1.38. The summed E-state index contributed by atoms with van der Waals surface area (Å²) >= 11 is 0. The minimum Gasteiger partial charge on any atom is -0.327 e. The van der Waals surface area contributed by atoms with Crippen molar-refractivity contribution in [3.63, 3.8) is 0 Å². The zero-order valence-corrected chi connectivity index (χ0v) is 13.6. The first-order chi connectivity index (χ1) is 12.0. The van der Waals surface area contributed by atoms with Crippen LogP contribution in [0.3, 0.4) is 0 Å². The zero-order valence-electron chi connectivity index (χ0n) is 13.6. The summed E-state index contributed by atoms with van der Waals surface area (Å²) in [7, 11) is 1.75. The molecule has 0 bridgehead atoms. The van der Waals surface area contributed by atoms with Gasteiger partial charge in [-0.05, 0) is 48.9 Å². The first-order valence-electron chi connectivity index (χ1n) is 7.85. The topological polar surface area (TPSA) is 52.6 Å². The number of urea groups is 1. The minimum atomic E-state index is -1.07. The Kier molecular flexibility index (Phi) is 4.65. The number of halogens is 2. The first kappa shape index (κ1) is 16.9. The average Bonchev–Trinajstić information content (AvgIpc) is 2.60. The van der Waals surface area contributed by atoms with E-state index in [9.17, 15) is 18.4 Å². The highest BCUT2D eigenvalue weighted by molar-refractivity contribution is 6.04. The van der Waals surface area contributed by atoms with Crippen LogP contribution in [0.25, 0.3) is 0 Å². The van der Waals surface area contributed by atoms with Gasteiger partial charge in [0.15, 0.2) is 11.6 Å². The SMILES string of the molecule is CN1CCCN(c2ccc(NC(=O)c3ccc(F)c(F)c3)cc2)C1=O. The van der Waals surface area contributed by atoms with Crippen LogP contribution in [0.1, 0.15) is 16.8 Å². The van der Waals surface area contributed by atoms with Crippen LogP contribution in [0, 0.1) is 11.6 Å². The van der Waals surface area contributed by atoms with Gasteiger partial charge in [-0.2, -0.15) is 0 Å². The number of amides is 3. The van der Waals surface area contributed by atoms with Crippen molar-refractivity contribution < 1.29 is 18.4 Å². The summed E-state index contributed by atoms with van der Waals surface area (Å²) in [6, 6.07) is 9.70. The second-order valence-electron chi connectivity index (χ2n) is 5.84. The van der Waals surface area contributed by atoms with Gasteiger partial charge in [0.2, 0.25) is 0 Å².